The Morgan fingerprint density at radius 3 is 1.12 bits per heavy atom. The minimum absolute atomic E-state index is 0.461. The molecule has 4 heteroatoms. The van der Waals surface area contributed by atoms with Crippen LogP contribution in [0.2, 0.25) is 0 Å². The zero-order chi connectivity index (χ0) is 73.0. The quantitative estimate of drug-likeness (QED) is 0.0806. The molecule has 0 amide bonds. The van der Waals surface area contributed by atoms with E-state index in [1.54, 1.807) is 0 Å². The average molecular weight is 1390 g/mol. The molecule has 2 unspecified atom stereocenters. The van der Waals surface area contributed by atoms with E-state index < -0.39 is 10.8 Å². The summed E-state index contributed by atoms with van der Waals surface area (Å²) in [7, 11) is 0. The van der Waals surface area contributed by atoms with Crippen molar-refractivity contribution in [3.63, 3.8) is 0 Å². The molecule has 2 aliphatic carbocycles. The van der Waals surface area contributed by atoms with Crippen molar-refractivity contribution in [2.24, 2.45) is 0 Å². The lowest BCUT2D eigenvalue weighted by atomic mass is 9.66. The van der Waals surface area contributed by atoms with E-state index >= 15 is 0 Å². The summed E-state index contributed by atoms with van der Waals surface area (Å²) in [5, 5.41) is 4.58. The lowest BCUT2D eigenvalue weighted by Gasteiger charge is -2.36. The highest BCUT2D eigenvalue weighted by molar-refractivity contribution is 6.13. The van der Waals surface area contributed by atoms with Crippen LogP contribution in [-0.2, 0) is 24.0 Å². The number of aryl methyl sites for hydroxylation is 4. The molecule has 16 aromatic rings. The molecule has 0 aliphatic heterocycles. The minimum Gasteiger partial charge on any atom is -0.489 e. The topological polar surface area (TPSA) is 24.9 Å². The van der Waals surface area contributed by atoms with E-state index in [4.69, 9.17) is 9.47 Å². The molecule has 18 rings (SSSR count). The van der Waals surface area contributed by atoms with Gasteiger partial charge in [0.05, 0.1) is 22.2 Å². The first-order valence-electron chi connectivity index (χ1n) is 37.4. The fourth-order valence-corrected chi connectivity index (χ4v) is 17.6. The molecule has 16 aromatic carbocycles. The molecule has 0 spiro atoms. The van der Waals surface area contributed by atoms with Gasteiger partial charge in [0.2, 0.25) is 0 Å². The fraction of sp³-hybridized carbons (Fsp3) is 0.0769. The molecule has 0 N–H and O–H groups in total. The number of hydrogen-bond donors (Lipinski definition) is 0. The zero-order valence-electron chi connectivity index (χ0n) is 61.2. The van der Waals surface area contributed by atoms with E-state index in [0.29, 0.717) is 13.2 Å². The Hall–Kier alpha value is -13.3. The molecular formula is C104H80N2O2. The van der Waals surface area contributed by atoms with Crippen molar-refractivity contribution in [1.29, 1.82) is 0 Å². The number of benzene rings is 16. The van der Waals surface area contributed by atoms with Crippen molar-refractivity contribution in [2.75, 3.05) is 9.80 Å². The molecule has 0 heterocycles. The van der Waals surface area contributed by atoms with E-state index in [9.17, 15) is 0 Å². The number of rotatable bonds is 19. The highest BCUT2D eigenvalue weighted by atomic mass is 16.5. The highest BCUT2D eigenvalue weighted by Gasteiger charge is 2.49. The standard InChI is InChI=1S/C104H80N2O2/c1-7-73-38-42-75(43-39-73)67-107-83-52-46-77(47-53-83)103(95-60-36-69(3)63-72(95)6)96-33-21-19-29-89(96)91-56-50-81(65-99(91)103)105(79-23-11-9-12-24-79)101-61-58-87(85-27-15-17-31-93(85)101)88-59-62-102(94-32-18-16-28-86(88)94)106(80-25-13-10-14-26-80)82-51-57-92-90-30-20-22-34-97(90)104(100(92)66-82,98-64-70(4)35-37-71(98)5)78-48-54-84(55-49-78)108-68-76-44-40-74(8-2)41-45-76/h7-66H,1-2,67-68H2,3-6H3. The summed E-state index contributed by atoms with van der Waals surface area (Å²) in [5.41, 5.74) is 31.3. The largest absolute Gasteiger partial charge is 0.489 e. The third kappa shape index (κ3) is 11.3. The second kappa shape index (κ2) is 27.6. The number of fused-ring (bicyclic) bond motifs is 8. The van der Waals surface area contributed by atoms with Gasteiger partial charge in [-0.2, -0.15) is 0 Å². The van der Waals surface area contributed by atoms with Gasteiger partial charge in [-0.3, -0.25) is 0 Å². The van der Waals surface area contributed by atoms with Crippen molar-refractivity contribution in [3.8, 4) is 44.9 Å². The van der Waals surface area contributed by atoms with Crippen LogP contribution in [0.25, 0.3) is 67.1 Å². The number of ether oxygens (including phenoxy) is 2. The Bertz CT molecular complexity index is 6140. The van der Waals surface area contributed by atoms with Crippen LogP contribution in [0.15, 0.2) is 365 Å². The van der Waals surface area contributed by atoms with Crippen LogP contribution in [0, 0.1) is 27.7 Å². The summed E-state index contributed by atoms with van der Waals surface area (Å²) in [5.74, 6) is 1.63. The molecule has 0 aromatic heterocycles. The predicted octanol–water partition coefficient (Wildman–Crippen LogP) is 27.0. The lowest BCUT2D eigenvalue weighted by Crippen LogP contribution is -2.30. The SMILES string of the molecule is C=Cc1ccc(COc2ccc(C3(c4ccc(C)cc4C)c4ccccc4-c4ccc(N(c5ccccc5)c5ccc(-c6ccc(N(c7ccccc7)c7ccc8c(c7)C(c7ccc(OCc9ccc(C=C)cc9)cc7)(c7cc(C)ccc7C)c7ccccc7-8)c7ccccc67)c6ccccc56)cc43)cc2)cc1. The van der Waals surface area contributed by atoms with Crippen molar-refractivity contribution < 1.29 is 9.47 Å². The first-order chi connectivity index (χ1) is 53.1. The Kier molecular flexibility index (Phi) is 17.1. The smallest absolute Gasteiger partial charge is 0.119 e. The van der Waals surface area contributed by atoms with Gasteiger partial charge in [0.1, 0.15) is 24.7 Å². The maximum Gasteiger partial charge on any atom is 0.119 e. The number of nitrogens with zero attached hydrogens (tertiary/aromatic N) is 2. The molecule has 108 heavy (non-hydrogen) atoms. The first-order valence-corrected chi connectivity index (χ1v) is 37.4. The maximum absolute atomic E-state index is 6.53. The van der Waals surface area contributed by atoms with Gasteiger partial charge in [-0.1, -0.05) is 303 Å². The summed E-state index contributed by atoms with van der Waals surface area (Å²) in [6.45, 7) is 17.8. The Morgan fingerprint density at radius 2 is 0.667 bits per heavy atom. The summed E-state index contributed by atoms with van der Waals surface area (Å²) in [4.78, 5) is 4.94. The molecule has 0 fully saturated rings. The van der Waals surface area contributed by atoms with Crippen LogP contribution in [0.3, 0.4) is 0 Å². The monoisotopic (exact) mass is 1390 g/mol. The van der Waals surface area contributed by atoms with Crippen LogP contribution in [0.5, 0.6) is 11.5 Å². The van der Waals surface area contributed by atoms with Gasteiger partial charge in [0.25, 0.3) is 0 Å². The van der Waals surface area contributed by atoms with Crippen LogP contribution in [0.4, 0.5) is 34.1 Å². The average Bonchev–Trinajstić information content (AvgIpc) is 1.53. The predicted molar refractivity (Wildman–Crippen MR) is 452 cm³/mol. The molecule has 2 atom stereocenters. The number of para-hydroxylation sites is 2. The van der Waals surface area contributed by atoms with Gasteiger partial charge < -0.3 is 19.3 Å². The molecular weight excluding hydrogens is 1310 g/mol. The van der Waals surface area contributed by atoms with Crippen molar-refractivity contribution in [3.05, 3.63) is 454 Å². The third-order valence-electron chi connectivity index (χ3n) is 22.6. The third-order valence-corrected chi connectivity index (χ3v) is 22.6. The van der Waals surface area contributed by atoms with Crippen molar-refractivity contribution in [1.82, 2.24) is 0 Å². The summed E-state index contributed by atoms with van der Waals surface area (Å²) in [6, 6.07) is 130. The highest BCUT2D eigenvalue weighted by Crippen LogP contribution is 2.61. The molecule has 0 radical (unpaired) electrons. The zero-order valence-corrected chi connectivity index (χ0v) is 61.2. The van der Waals surface area contributed by atoms with E-state index in [2.05, 4.69) is 403 Å². The molecule has 4 nitrogen and oxygen atoms in total. The van der Waals surface area contributed by atoms with Crippen molar-refractivity contribution in [2.45, 2.75) is 51.7 Å². The van der Waals surface area contributed by atoms with Gasteiger partial charge in [-0.15, -0.1) is 0 Å². The Balaban J connectivity index is 0.762. The van der Waals surface area contributed by atoms with Crippen LogP contribution in [-0.4, -0.2) is 0 Å². The lowest BCUT2D eigenvalue weighted by molar-refractivity contribution is 0.306. The van der Waals surface area contributed by atoms with Gasteiger partial charge in [-0.25, -0.2) is 0 Å². The van der Waals surface area contributed by atoms with Gasteiger partial charge >= 0.3 is 0 Å². The minimum atomic E-state index is -0.685. The second-order valence-corrected chi connectivity index (χ2v) is 28.9. The molecule has 0 saturated heterocycles. The summed E-state index contributed by atoms with van der Waals surface area (Å²) in [6.07, 6.45) is 3.74. The Morgan fingerprint density at radius 1 is 0.278 bits per heavy atom. The Labute approximate surface area is 633 Å². The first kappa shape index (κ1) is 66.7. The van der Waals surface area contributed by atoms with Gasteiger partial charge in [0.15, 0.2) is 0 Å². The van der Waals surface area contributed by atoms with Gasteiger partial charge in [-0.05, 0) is 235 Å². The molecule has 0 bridgehead atoms. The van der Waals surface area contributed by atoms with E-state index in [-0.39, 0.29) is 0 Å². The van der Waals surface area contributed by atoms with Crippen molar-refractivity contribution >= 4 is 67.8 Å². The van der Waals surface area contributed by atoms with E-state index in [0.717, 1.165) is 101 Å². The normalized spacial score (nSPS) is 14.5. The number of anilines is 6. The van der Waals surface area contributed by atoms with E-state index in [1.165, 1.54) is 89.0 Å². The molecule has 2 aliphatic rings. The summed E-state index contributed by atoms with van der Waals surface area (Å²) < 4.78 is 13.1. The molecule has 518 valence electrons. The fourth-order valence-electron chi connectivity index (χ4n) is 17.6. The number of hydrogen-bond acceptors (Lipinski definition) is 4. The van der Waals surface area contributed by atoms with Crippen LogP contribution in [0.1, 0.15) is 89.0 Å². The molecule has 0 saturated carbocycles. The maximum atomic E-state index is 6.53. The summed E-state index contributed by atoms with van der Waals surface area (Å²) >= 11 is 0. The van der Waals surface area contributed by atoms with Crippen LogP contribution < -0.4 is 19.3 Å². The van der Waals surface area contributed by atoms with E-state index in [1.807, 2.05) is 12.2 Å². The second-order valence-electron chi connectivity index (χ2n) is 28.9. The van der Waals surface area contributed by atoms with Gasteiger partial charge in [0, 0.05) is 33.5 Å². The van der Waals surface area contributed by atoms with Crippen LogP contribution >= 0.6 is 0 Å².